The number of fused-ring (bicyclic) bond motifs is 1. The maximum atomic E-state index is 12.0. The Labute approximate surface area is 140 Å². The van der Waals surface area contributed by atoms with Crippen LogP contribution < -0.4 is 19.8 Å². The van der Waals surface area contributed by atoms with Gasteiger partial charge in [0.1, 0.15) is 13.2 Å². The summed E-state index contributed by atoms with van der Waals surface area (Å²) < 4.78 is 11.0. The minimum Gasteiger partial charge on any atom is -0.486 e. The number of hydrazine groups is 1. The number of quaternary nitrogens is 1. The molecule has 2 aliphatic heterocycles. The van der Waals surface area contributed by atoms with E-state index < -0.39 is 0 Å². The topological polar surface area (TPSA) is 55.2 Å². The highest BCUT2D eigenvalue weighted by Gasteiger charge is 2.18. The van der Waals surface area contributed by atoms with Gasteiger partial charge in [-0.2, -0.15) is 0 Å². The Hall–Kier alpha value is -1.76. The van der Waals surface area contributed by atoms with Crippen LogP contribution in [0.5, 0.6) is 11.5 Å². The van der Waals surface area contributed by atoms with E-state index in [1.807, 2.05) is 11.1 Å². The molecule has 0 spiro atoms. The summed E-state index contributed by atoms with van der Waals surface area (Å²) in [5.74, 6) is 1.04. The van der Waals surface area contributed by atoms with Crippen molar-refractivity contribution < 1.29 is 19.2 Å². The molecular weight excluding hydrogens is 318 g/mol. The van der Waals surface area contributed by atoms with Crippen molar-refractivity contribution in [3.63, 3.8) is 0 Å². The Balaban J connectivity index is 1.61. The molecule has 2 N–H and O–H groups in total. The lowest BCUT2D eigenvalue weighted by Gasteiger charge is -2.29. The highest BCUT2D eigenvalue weighted by atomic mass is 35.5. The van der Waals surface area contributed by atoms with Crippen molar-refractivity contribution in [1.82, 2.24) is 10.4 Å². The van der Waals surface area contributed by atoms with Crippen LogP contribution in [-0.2, 0) is 4.79 Å². The molecule has 124 valence electrons. The van der Waals surface area contributed by atoms with Crippen LogP contribution in [0.25, 0.3) is 6.08 Å². The van der Waals surface area contributed by atoms with Gasteiger partial charge in [0, 0.05) is 6.08 Å². The van der Waals surface area contributed by atoms with Gasteiger partial charge in [-0.05, 0) is 23.8 Å². The third-order valence-corrected chi connectivity index (χ3v) is 4.21. The summed E-state index contributed by atoms with van der Waals surface area (Å²) >= 11 is 6.18. The van der Waals surface area contributed by atoms with E-state index in [0.717, 1.165) is 31.7 Å². The molecule has 7 heteroatoms. The molecule has 0 radical (unpaired) electrons. The number of halogens is 1. The molecule has 1 aromatic carbocycles. The number of carbonyl (C=O) groups excluding carboxylic acids is 1. The molecule has 6 nitrogen and oxygen atoms in total. The van der Waals surface area contributed by atoms with Crippen molar-refractivity contribution in [3.05, 3.63) is 28.8 Å². The average molecular weight is 339 g/mol. The van der Waals surface area contributed by atoms with Gasteiger partial charge >= 0.3 is 0 Å². The number of piperazine rings is 1. The van der Waals surface area contributed by atoms with Crippen molar-refractivity contribution in [3.8, 4) is 11.5 Å². The first kappa shape index (κ1) is 16.1. The third kappa shape index (κ3) is 4.16. The molecule has 0 aromatic heterocycles. The number of nitrogens with one attached hydrogen (secondary N) is 2. The number of amides is 1. The molecule has 3 rings (SSSR count). The molecule has 0 atom stereocenters. The summed E-state index contributed by atoms with van der Waals surface area (Å²) in [7, 11) is 2.16. The average Bonchev–Trinajstić information content (AvgIpc) is 2.55. The number of likely N-dealkylation sites (N-methyl/N-ethyl adjacent to an activating group) is 1. The molecule has 2 heterocycles. The fraction of sp³-hybridized carbons (Fsp3) is 0.438. The number of benzene rings is 1. The van der Waals surface area contributed by atoms with Gasteiger partial charge in [-0.3, -0.25) is 10.2 Å². The molecule has 0 aliphatic carbocycles. The van der Waals surface area contributed by atoms with Crippen LogP contribution in [0.1, 0.15) is 5.56 Å². The van der Waals surface area contributed by atoms with Gasteiger partial charge in [0.05, 0.1) is 38.2 Å². The second-order valence-corrected chi connectivity index (χ2v) is 6.19. The standard InChI is InChI=1S/C16H20ClN3O3/c1-19-4-6-20(7-5-19)18-15(21)3-2-12-10-13(17)16-14(11-12)22-8-9-23-16/h2-3,10-11H,4-9H2,1H3,(H,18,21)/p+1/b3-2+. The second kappa shape index (κ2) is 7.21. The number of hydrogen-bond donors (Lipinski definition) is 2. The third-order valence-electron chi connectivity index (χ3n) is 3.93. The van der Waals surface area contributed by atoms with E-state index in [1.165, 1.54) is 11.0 Å². The molecule has 1 saturated heterocycles. The lowest BCUT2D eigenvalue weighted by Crippen LogP contribution is -3.12. The summed E-state index contributed by atoms with van der Waals surface area (Å²) in [5, 5.41) is 2.44. The quantitative estimate of drug-likeness (QED) is 0.761. The van der Waals surface area contributed by atoms with Crippen molar-refractivity contribution >= 4 is 23.6 Å². The van der Waals surface area contributed by atoms with Crippen LogP contribution in [0.15, 0.2) is 18.2 Å². The molecule has 0 bridgehead atoms. The molecular formula is C16H21ClN3O3+. The second-order valence-electron chi connectivity index (χ2n) is 5.78. The smallest absolute Gasteiger partial charge is 0.258 e. The molecule has 2 aliphatic rings. The zero-order valence-corrected chi connectivity index (χ0v) is 13.9. The van der Waals surface area contributed by atoms with Gasteiger partial charge in [-0.15, -0.1) is 0 Å². The van der Waals surface area contributed by atoms with Crippen LogP contribution >= 0.6 is 11.6 Å². The lowest BCUT2D eigenvalue weighted by atomic mass is 10.1. The Morgan fingerprint density at radius 2 is 2.04 bits per heavy atom. The van der Waals surface area contributed by atoms with Crippen molar-refractivity contribution in [1.29, 1.82) is 0 Å². The Morgan fingerprint density at radius 1 is 1.30 bits per heavy atom. The van der Waals surface area contributed by atoms with E-state index in [9.17, 15) is 4.79 Å². The fourth-order valence-corrected chi connectivity index (χ4v) is 2.87. The largest absolute Gasteiger partial charge is 0.486 e. The first-order chi connectivity index (χ1) is 11.1. The SMILES string of the molecule is C[NH+]1CCN(NC(=O)/C=C/c2cc(Cl)c3c(c2)OCCO3)CC1. The van der Waals surface area contributed by atoms with Gasteiger partial charge in [-0.25, -0.2) is 5.01 Å². The van der Waals surface area contributed by atoms with Gasteiger partial charge in [0.2, 0.25) is 0 Å². The molecule has 1 amide bonds. The minimum atomic E-state index is -0.143. The van der Waals surface area contributed by atoms with Gasteiger partial charge in [0.25, 0.3) is 5.91 Å². The highest BCUT2D eigenvalue weighted by Crippen LogP contribution is 2.38. The number of rotatable bonds is 3. The first-order valence-electron chi connectivity index (χ1n) is 7.76. The van der Waals surface area contributed by atoms with E-state index in [2.05, 4.69) is 12.5 Å². The van der Waals surface area contributed by atoms with Crippen LogP contribution in [0.2, 0.25) is 5.02 Å². The van der Waals surface area contributed by atoms with Crippen LogP contribution in [0.4, 0.5) is 0 Å². The van der Waals surface area contributed by atoms with Crippen LogP contribution in [0, 0.1) is 0 Å². The Morgan fingerprint density at radius 3 is 2.83 bits per heavy atom. The van der Waals surface area contributed by atoms with Crippen LogP contribution in [0.3, 0.4) is 0 Å². The molecule has 23 heavy (non-hydrogen) atoms. The number of carbonyl (C=O) groups is 1. The van der Waals surface area contributed by atoms with Gasteiger partial charge < -0.3 is 14.4 Å². The minimum absolute atomic E-state index is 0.143. The molecule has 1 fully saturated rings. The normalized spacial score (nSPS) is 19.0. The summed E-state index contributed by atoms with van der Waals surface area (Å²) in [4.78, 5) is 13.5. The fourth-order valence-electron chi connectivity index (χ4n) is 2.59. The first-order valence-corrected chi connectivity index (χ1v) is 8.14. The number of hydrogen-bond acceptors (Lipinski definition) is 4. The Kier molecular flexibility index (Phi) is 5.05. The lowest BCUT2D eigenvalue weighted by molar-refractivity contribution is -0.884. The van der Waals surface area contributed by atoms with E-state index >= 15 is 0 Å². The van der Waals surface area contributed by atoms with Gasteiger partial charge in [0.15, 0.2) is 11.5 Å². The highest BCUT2D eigenvalue weighted by molar-refractivity contribution is 6.32. The molecule has 0 saturated carbocycles. The number of nitrogens with zero attached hydrogens (tertiary/aromatic N) is 1. The van der Waals surface area contributed by atoms with E-state index in [0.29, 0.717) is 29.7 Å². The predicted octanol–water partition coefficient (Wildman–Crippen LogP) is -0.0141. The summed E-state index contributed by atoms with van der Waals surface area (Å²) in [6, 6.07) is 3.58. The Bertz CT molecular complexity index is 613. The monoisotopic (exact) mass is 338 g/mol. The van der Waals surface area contributed by atoms with Crippen molar-refractivity contribution in [2.75, 3.05) is 46.4 Å². The zero-order valence-electron chi connectivity index (χ0n) is 13.1. The zero-order chi connectivity index (χ0) is 16.2. The predicted molar refractivity (Wildman–Crippen MR) is 87.8 cm³/mol. The van der Waals surface area contributed by atoms with E-state index in [1.54, 1.807) is 12.1 Å². The molecule has 0 unspecified atom stereocenters. The van der Waals surface area contributed by atoms with E-state index in [4.69, 9.17) is 21.1 Å². The summed E-state index contributed by atoms with van der Waals surface area (Å²) in [6.45, 7) is 4.78. The number of ether oxygens (including phenoxy) is 2. The maximum absolute atomic E-state index is 12.0. The maximum Gasteiger partial charge on any atom is 0.258 e. The van der Waals surface area contributed by atoms with Crippen LogP contribution in [-0.4, -0.2) is 57.4 Å². The van der Waals surface area contributed by atoms with Gasteiger partial charge in [-0.1, -0.05) is 11.6 Å². The summed E-state index contributed by atoms with van der Waals surface area (Å²) in [6.07, 6.45) is 3.23. The summed E-state index contributed by atoms with van der Waals surface area (Å²) in [5.41, 5.74) is 3.69. The van der Waals surface area contributed by atoms with Crippen molar-refractivity contribution in [2.24, 2.45) is 0 Å². The van der Waals surface area contributed by atoms with Crippen molar-refractivity contribution in [2.45, 2.75) is 0 Å². The van der Waals surface area contributed by atoms with E-state index in [-0.39, 0.29) is 5.91 Å². The molecule has 1 aromatic rings.